The van der Waals surface area contributed by atoms with Gasteiger partial charge in [0.25, 0.3) is 0 Å². The molecule has 14 atom stereocenters. The molecule has 1 aromatic rings. The number of thioether (sulfide) groups is 1. The van der Waals surface area contributed by atoms with Gasteiger partial charge < -0.3 is 75.6 Å². The van der Waals surface area contributed by atoms with Crippen molar-refractivity contribution in [3.63, 3.8) is 0 Å². The normalized spacial score (nSPS) is 39.6. The molecule has 50 heavy (non-hydrogen) atoms. The van der Waals surface area contributed by atoms with E-state index in [0.717, 1.165) is 18.6 Å². The van der Waals surface area contributed by atoms with Crippen LogP contribution in [0.4, 0.5) is 10.5 Å². The van der Waals surface area contributed by atoms with E-state index < -0.39 is 73.9 Å². The zero-order chi connectivity index (χ0) is 35.4. The Bertz CT molecular complexity index is 1280. The average molecular weight is 729 g/mol. The summed E-state index contributed by atoms with van der Waals surface area (Å²) in [5, 5.41) is 62.1. The van der Waals surface area contributed by atoms with Crippen LogP contribution in [0.5, 0.6) is 5.75 Å². The third kappa shape index (κ3) is 8.75. The molecule has 280 valence electrons. The zero-order valence-corrected chi connectivity index (χ0v) is 28.3. The minimum Gasteiger partial charge on any atom is -0.491 e. The number of ether oxygens (including phenoxy) is 6. The molecule has 3 amide bonds. The molecule has 5 saturated heterocycles. The number of hydrogen-bond acceptors (Lipinski definition) is 15. The first kappa shape index (κ1) is 37.3. The summed E-state index contributed by atoms with van der Waals surface area (Å²) in [5.41, 5.74) is 6.25. The maximum absolute atomic E-state index is 12.6. The molecule has 0 aromatic heterocycles. The molecule has 0 spiro atoms. The molecule has 5 aliphatic rings. The van der Waals surface area contributed by atoms with Crippen molar-refractivity contribution in [1.82, 2.24) is 16.0 Å². The first-order valence-corrected chi connectivity index (χ1v) is 18.1. The zero-order valence-electron chi connectivity index (χ0n) is 27.5. The van der Waals surface area contributed by atoms with Crippen LogP contribution in [0.3, 0.4) is 0 Å². The quantitative estimate of drug-likeness (QED) is 0.0560. The van der Waals surface area contributed by atoms with Gasteiger partial charge in [-0.15, -0.1) is 0 Å². The predicted molar refractivity (Wildman–Crippen MR) is 176 cm³/mol. The lowest BCUT2D eigenvalue weighted by Crippen LogP contribution is -2.65. The van der Waals surface area contributed by atoms with Gasteiger partial charge in [-0.1, -0.05) is 6.42 Å². The molecule has 0 radical (unpaired) electrons. The highest BCUT2D eigenvalue weighted by Crippen LogP contribution is 2.34. The number of rotatable bonds is 14. The van der Waals surface area contributed by atoms with Crippen molar-refractivity contribution in [2.75, 3.05) is 44.5 Å². The Morgan fingerprint density at radius 3 is 2.48 bits per heavy atom. The Morgan fingerprint density at radius 2 is 1.70 bits per heavy atom. The summed E-state index contributed by atoms with van der Waals surface area (Å²) in [6, 6.07) is 6.81. The maximum atomic E-state index is 12.6. The molecule has 17 nitrogen and oxygen atoms in total. The number of amides is 3. The second-order valence-corrected chi connectivity index (χ2v) is 14.6. The minimum atomic E-state index is -1.40. The fraction of sp³-hybridized carbons (Fsp3) is 0.750. The van der Waals surface area contributed by atoms with E-state index in [4.69, 9.17) is 34.2 Å². The van der Waals surface area contributed by atoms with Crippen LogP contribution in [0.25, 0.3) is 0 Å². The number of unbranched alkanes of at least 4 members (excludes halogenated alkanes) is 1. The van der Waals surface area contributed by atoms with Crippen molar-refractivity contribution < 1.29 is 63.5 Å². The molecule has 5 fully saturated rings. The molecule has 0 bridgehead atoms. The molecule has 5 aliphatic heterocycles. The van der Waals surface area contributed by atoms with Crippen molar-refractivity contribution in [1.29, 1.82) is 0 Å². The summed E-state index contributed by atoms with van der Waals surface area (Å²) in [6.45, 7) is -0.893. The lowest BCUT2D eigenvalue weighted by atomic mass is 9.87. The number of nitrogens with two attached hydrogens (primary N) is 1. The number of benzene rings is 1. The molecular weight excluding hydrogens is 680 g/mol. The number of anilines is 1. The summed E-state index contributed by atoms with van der Waals surface area (Å²) in [5.74, 6) is 0.290. The molecule has 1 aromatic carbocycles. The van der Waals surface area contributed by atoms with Crippen LogP contribution in [0, 0.1) is 5.92 Å². The molecule has 18 heteroatoms. The number of urea groups is 1. The first-order valence-electron chi connectivity index (χ1n) is 17.1. The number of fused-ring (bicyclic) bond motifs is 2. The van der Waals surface area contributed by atoms with Crippen molar-refractivity contribution in [2.45, 2.75) is 104 Å². The van der Waals surface area contributed by atoms with E-state index in [-0.39, 0.29) is 56.9 Å². The monoisotopic (exact) mass is 728 g/mol. The molecule has 0 aliphatic carbocycles. The highest BCUT2D eigenvalue weighted by molar-refractivity contribution is 8.00. The van der Waals surface area contributed by atoms with Crippen LogP contribution >= 0.6 is 11.8 Å². The molecule has 0 saturated carbocycles. The lowest BCUT2D eigenvalue weighted by molar-refractivity contribution is -0.333. The van der Waals surface area contributed by atoms with Gasteiger partial charge in [-0.2, -0.15) is 11.8 Å². The van der Waals surface area contributed by atoms with Crippen LogP contribution in [0.1, 0.15) is 25.7 Å². The lowest BCUT2D eigenvalue weighted by Gasteiger charge is -2.46. The second-order valence-electron chi connectivity index (χ2n) is 13.4. The highest BCUT2D eigenvalue weighted by Gasteiger charge is 2.50. The number of nitrogens with one attached hydrogen (secondary N) is 3. The van der Waals surface area contributed by atoms with Gasteiger partial charge >= 0.3 is 6.03 Å². The molecule has 6 rings (SSSR count). The number of nitrogen functional groups attached to an aromatic ring is 1. The van der Waals surface area contributed by atoms with Crippen LogP contribution in [0.2, 0.25) is 0 Å². The minimum absolute atomic E-state index is 0.0229. The summed E-state index contributed by atoms with van der Waals surface area (Å²) in [6.07, 6.45) is -8.45. The molecular formula is C32H48N4O13S. The van der Waals surface area contributed by atoms with Crippen molar-refractivity contribution in [3.8, 4) is 5.75 Å². The average Bonchev–Trinajstić information content (AvgIpc) is 3.66. The maximum Gasteiger partial charge on any atom is 0.315 e. The van der Waals surface area contributed by atoms with Gasteiger partial charge in [0.15, 0.2) is 0 Å². The Balaban J connectivity index is 0.897. The number of carbonyl (C=O) groups is 2. The van der Waals surface area contributed by atoms with E-state index in [9.17, 15) is 35.1 Å². The largest absolute Gasteiger partial charge is 0.491 e. The highest BCUT2D eigenvalue weighted by atomic mass is 32.2. The van der Waals surface area contributed by atoms with Crippen molar-refractivity contribution in [2.24, 2.45) is 5.92 Å². The number of carbonyl (C=O) groups excluding carboxylic acids is 2. The topological polar surface area (TPSA) is 253 Å². The van der Waals surface area contributed by atoms with Gasteiger partial charge in [0.1, 0.15) is 55.1 Å². The van der Waals surface area contributed by atoms with Crippen LogP contribution in [0.15, 0.2) is 24.3 Å². The summed E-state index contributed by atoms with van der Waals surface area (Å²) in [7, 11) is 0. The third-order valence-electron chi connectivity index (χ3n) is 9.90. The van der Waals surface area contributed by atoms with E-state index >= 15 is 0 Å². The number of aliphatic hydroxyl groups excluding tert-OH is 5. The van der Waals surface area contributed by atoms with Gasteiger partial charge in [0.2, 0.25) is 12.3 Å². The Kier molecular flexibility index (Phi) is 12.6. The SMILES string of the molecule is Nc1ccc(OCC2OC(CO)C(COCC3OC4COC(NC(=O)CCCCC5SCC6NC(=O)NC65)OC4C(O)C3O)C(O)C2O)cc1. The second kappa shape index (κ2) is 16.9. The standard InChI is InChI=1S/C32H48N4O13S/c33-15-5-7-16(8-6-15)45-12-21-27(40)26(39)17(19(9-37)47-21)10-44-11-20-28(41)29(42)30-22(48-20)13-46-32(49-30)35-24(38)4-2-1-3-23-25-18(14-50-23)34-31(43)36-25/h5-8,17-23,25-30,32,37,39-42H,1-4,9-14,33H2,(H,35,38)(H2,34,36,43). The van der Waals surface area contributed by atoms with E-state index in [2.05, 4.69) is 16.0 Å². The van der Waals surface area contributed by atoms with Crippen LogP contribution in [-0.4, -0.2) is 155 Å². The van der Waals surface area contributed by atoms with E-state index in [0.29, 0.717) is 23.1 Å². The number of aliphatic hydroxyl groups is 5. The Morgan fingerprint density at radius 1 is 0.940 bits per heavy atom. The van der Waals surface area contributed by atoms with Crippen molar-refractivity contribution in [3.05, 3.63) is 24.3 Å². The van der Waals surface area contributed by atoms with Gasteiger partial charge in [0.05, 0.1) is 50.7 Å². The Labute approximate surface area is 293 Å². The molecule has 10 N–H and O–H groups in total. The van der Waals surface area contributed by atoms with E-state index in [1.807, 2.05) is 11.8 Å². The van der Waals surface area contributed by atoms with Gasteiger partial charge in [-0.3, -0.25) is 4.79 Å². The third-order valence-corrected chi connectivity index (χ3v) is 11.4. The van der Waals surface area contributed by atoms with E-state index in [1.54, 1.807) is 24.3 Å². The smallest absolute Gasteiger partial charge is 0.315 e. The van der Waals surface area contributed by atoms with Gasteiger partial charge in [0, 0.05) is 29.0 Å². The predicted octanol–water partition coefficient (Wildman–Crippen LogP) is -2.21. The van der Waals surface area contributed by atoms with Gasteiger partial charge in [-0.25, -0.2) is 4.79 Å². The Hall–Kier alpha value is -2.49. The summed E-state index contributed by atoms with van der Waals surface area (Å²) < 4.78 is 34.6. The molecule has 14 unspecified atom stereocenters. The first-order chi connectivity index (χ1) is 24.1. The van der Waals surface area contributed by atoms with Crippen LogP contribution in [-0.2, 0) is 28.5 Å². The van der Waals surface area contributed by atoms with Gasteiger partial charge in [-0.05, 0) is 37.1 Å². The summed E-state index contributed by atoms with van der Waals surface area (Å²) in [4.78, 5) is 24.1. The fourth-order valence-electron chi connectivity index (χ4n) is 7.06. The summed E-state index contributed by atoms with van der Waals surface area (Å²) >= 11 is 1.83. The fourth-order valence-corrected chi connectivity index (χ4v) is 8.60. The molecule has 5 heterocycles. The van der Waals surface area contributed by atoms with Crippen LogP contribution < -0.4 is 26.4 Å². The van der Waals surface area contributed by atoms with E-state index in [1.165, 1.54) is 0 Å². The number of hydrogen-bond donors (Lipinski definition) is 9. The van der Waals surface area contributed by atoms with Crippen molar-refractivity contribution >= 4 is 29.4 Å².